The van der Waals surface area contributed by atoms with Gasteiger partial charge in [0.25, 0.3) is 0 Å². The number of nitrogens with one attached hydrogen (secondary N) is 1. The maximum Gasteiger partial charge on any atom is 0.154 e. The number of imidazole rings is 1. The Bertz CT molecular complexity index is 978. The lowest BCUT2D eigenvalue weighted by atomic mass is 10.1. The van der Waals surface area contributed by atoms with Gasteiger partial charge < -0.3 is 14.6 Å². The van der Waals surface area contributed by atoms with E-state index < -0.39 is 0 Å². The standard InChI is InChI=1S/C23H24N4O/c1-5-10-19-18(8-4)25-23(26-19)17-12-9-13-20-22(17)28-16-15-27(20)21(11-6-2)24-14-7-3/h5-14H,2-4,15-16H2,1H3,(H,25,26)/b10-5-,21-11+,24-14-. The summed E-state index contributed by atoms with van der Waals surface area (Å²) in [5.41, 5.74) is 3.55. The van der Waals surface area contributed by atoms with Crippen LogP contribution in [0.1, 0.15) is 18.3 Å². The number of aliphatic imine (C=N–C) groups is 1. The maximum absolute atomic E-state index is 6.04. The van der Waals surface area contributed by atoms with Crippen LogP contribution in [0, 0.1) is 0 Å². The molecule has 1 N–H and O–H groups in total. The SMILES string of the molecule is C=C/C=N\C(=C/C=C)N1CCOc2c(-c3nc(C=C)c(/C=C\C)[nH]3)cccc21. The molecule has 2 heterocycles. The number of anilines is 1. The molecule has 0 radical (unpaired) electrons. The first kappa shape index (κ1) is 19.2. The van der Waals surface area contributed by atoms with Gasteiger partial charge in [-0.05, 0) is 37.3 Å². The number of aromatic nitrogens is 2. The average molecular weight is 372 g/mol. The molecule has 0 unspecified atom stereocenters. The minimum absolute atomic E-state index is 0.541. The number of rotatable bonds is 7. The van der Waals surface area contributed by atoms with Crippen molar-refractivity contribution >= 4 is 24.1 Å². The summed E-state index contributed by atoms with van der Waals surface area (Å²) >= 11 is 0. The highest BCUT2D eigenvalue weighted by molar-refractivity contribution is 5.80. The Labute approximate surface area is 165 Å². The lowest BCUT2D eigenvalue weighted by Crippen LogP contribution is -2.31. The van der Waals surface area contributed by atoms with E-state index in [0.717, 1.165) is 40.0 Å². The lowest BCUT2D eigenvalue weighted by molar-refractivity contribution is 0.313. The van der Waals surface area contributed by atoms with Crippen molar-refractivity contribution in [3.05, 3.63) is 79.4 Å². The highest BCUT2D eigenvalue weighted by Gasteiger charge is 2.25. The second-order valence-corrected chi connectivity index (χ2v) is 6.02. The minimum atomic E-state index is 0.541. The van der Waals surface area contributed by atoms with Crippen molar-refractivity contribution in [3.63, 3.8) is 0 Å². The minimum Gasteiger partial charge on any atom is -0.489 e. The summed E-state index contributed by atoms with van der Waals surface area (Å²) in [5.74, 6) is 2.29. The van der Waals surface area contributed by atoms with Crippen molar-refractivity contribution in [1.29, 1.82) is 0 Å². The second-order valence-electron chi connectivity index (χ2n) is 6.02. The van der Waals surface area contributed by atoms with Crippen molar-refractivity contribution < 1.29 is 4.74 Å². The van der Waals surface area contributed by atoms with E-state index in [1.165, 1.54) is 0 Å². The van der Waals surface area contributed by atoms with E-state index in [2.05, 4.69) is 39.6 Å². The average Bonchev–Trinajstić information content (AvgIpc) is 3.13. The normalized spacial score (nSPS) is 14.2. The van der Waals surface area contributed by atoms with Gasteiger partial charge in [-0.1, -0.05) is 44.0 Å². The number of nitrogens with zero attached hydrogens (tertiary/aromatic N) is 3. The number of H-pyrrole nitrogens is 1. The Balaban J connectivity index is 2.10. The molecule has 28 heavy (non-hydrogen) atoms. The first-order chi connectivity index (χ1) is 13.7. The third-order valence-electron chi connectivity index (χ3n) is 4.25. The van der Waals surface area contributed by atoms with Crippen molar-refractivity contribution in [2.75, 3.05) is 18.1 Å². The van der Waals surface area contributed by atoms with Gasteiger partial charge in [0, 0.05) is 6.21 Å². The summed E-state index contributed by atoms with van der Waals surface area (Å²) in [7, 11) is 0. The molecular formula is C23H24N4O. The van der Waals surface area contributed by atoms with E-state index >= 15 is 0 Å². The molecule has 0 saturated carbocycles. The van der Waals surface area contributed by atoms with Crippen LogP contribution in [-0.4, -0.2) is 29.3 Å². The Kier molecular flexibility index (Phi) is 6.07. The Morgan fingerprint density at radius 1 is 1.29 bits per heavy atom. The van der Waals surface area contributed by atoms with E-state index in [9.17, 15) is 0 Å². The highest BCUT2D eigenvalue weighted by atomic mass is 16.5. The first-order valence-corrected chi connectivity index (χ1v) is 9.10. The fraction of sp³-hybridized carbons (Fsp3) is 0.130. The molecule has 1 aromatic carbocycles. The monoisotopic (exact) mass is 372 g/mol. The number of aromatic amines is 1. The van der Waals surface area contributed by atoms with Crippen molar-refractivity contribution in [1.82, 2.24) is 9.97 Å². The summed E-state index contributed by atoms with van der Waals surface area (Å²) in [4.78, 5) is 14.6. The molecule has 0 saturated heterocycles. The van der Waals surface area contributed by atoms with E-state index in [-0.39, 0.29) is 0 Å². The molecule has 0 spiro atoms. The molecule has 5 nitrogen and oxygen atoms in total. The van der Waals surface area contributed by atoms with Crippen molar-refractivity contribution in [3.8, 4) is 17.1 Å². The van der Waals surface area contributed by atoms with Gasteiger partial charge in [0.05, 0.1) is 29.2 Å². The van der Waals surface area contributed by atoms with Crippen LogP contribution in [0.2, 0.25) is 0 Å². The fourth-order valence-electron chi connectivity index (χ4n) is 3.09. The van der Waals surface area contributed by atoms with Gasteiger partial charge in [-0.3, -0.25) is 0 Å². The van der Waals surface area contributed by atoms with Crippen LogP contribution in [0.25, 0.3) is 23.5 Å². The van der Waals surface area contributed by atoms with Crippen LogP contribution in [0.4, 0.5) is 5.69 Å². The van der Waals surface area contributed by atoms with E-state index in [1.807, 2.05) is 43.4 Å². The van der Waals surface area contributed by atoms with Gasteiger partial charge in [-0.25, -0.2) is 9.98 Å². The Hall–Kier alpha value is -3.60. The molecule has 0 aliphatic carbocycles. The van der Waals surface area contributed by atoms with Gasteiger partial charge in [0.15, 0.2) is 5.75 Å². The van der Waals surface area contributed by atoms with Gasteiger partial charge in [-0.15, -0.1) is 0 Å². The van der Waals surface area contributed by atoms with Crippen LogP contribution in [0.3, 0.4) is 0 Å². The molecule has 5 heteroatoms. The number of ether oxygens (including phenoxy) is 1. The smallest absolute Gasteiger partial charge is 0.154 e. The van der Waals surface area contributed by atoms with Gasteiger partial charge in [0.2, 0.25) is 0 Å². The van der Waals surface area contributed by atoms with E-state index in [0.29, 0.717) is 13.2 Å². The molecule has 0 atom stereocenters. The zero-order valence-electron chi connectivity index (χ0n) is 16.1. The Morgan fingerprint density at radius 3 is 2.86 bits per heavy atom. The second kappa shape index (κ2) is 8.86. The summed E-state index contributed by atoms with van der Waals surface area (Å²) in [6.45, 7) is 14.5. The highest BCUT2D eigenvalue weighted by Crippen LogP contribution is 2.41. The fourth-order valence-corrected chi connectivity index (χ4v) is 3.09. The molecular weight excluding hydrogens is 348 g/mol. The summed E-state index contributed by atoms with van der Waals surface area (Å²) in [6.07, 6.45) is 12.6. The van der Waals surface area contributed by atoms with Gasteiger partial charge in [-0.2, -0.15) is 0 Å². The van der Waals surface area contributed by atoms with Gasteiger partial charge in [0.1, 0.15) is 18.3 Å². The zero-order chi connectivity index (χ0) is 19.9. The van der Waals surface area contributed by atoms with E-state index in [4.69, 9.17) is 4.74 Å². The molecule has 0 fully saturated rings. The molecule has 2 aromatic rings. The van der Waals surface area contributed by atoms with Crippen molar-refractivity contribution in [2.45, 2.75) is 6.92 Å². The molecule has 142 valence electrons. The predicted octanol–water partition coefficient (Wildman–Crippen LogP) is 5.24. The number of benzene rings is 1. The molecule has 3 rings (SSSR count). The Morgan fingerprint density at radius 2 is 2.14 bits per heavy atom. The van der Waals surface area contributed by atoms with Crippen LogP contribution in [0.5, 0.6) is 5.75 Å². The first-order valence-electron chi connectivity index (χ1n) is 9.10. The van der Waals surface area contributed by atoms with Crippen LogP contribution in [-0.2, 0) is 0 Å². The number of allylic oxidation sites excluding steroid dienone is 4. The summed E-state index contributed by atoms with van der Waals surface area (Å²) in [6, 6.07) is 6.00. The zero-order valence-corrected chi connectivity index (χ0v) is 16.1. The maximum atomic E-state index is 6.04. The third kappa shape index (κ3) is 3.74. The topological polar surface area (TPSA) is 53.5 Å². The van der Waals surface area contributed by atoms with Crippen LogP contribution >= 0.6 is 0 Å². The third-order valence-corrected chi connectivity index (χ3v) is 4.25. The predicted molar refractivity (Wildman–Crippen MR) is 119 cm³/mol. The summed E-state index contributed by atoms with van der Waals surface area (Å²) < 4.78 is 6.04. The van der Waals surface area contributed by atoms with Gasteiger partial charge >= 0.3 is 0 Å². The largest absolute Gasteiger partial charge is 0.489 e. The molecule has 1 aliphatic rings. The van der Waals surface area contributed by atoms with E-state index in [1.54, 1.807) is 24.4 Å². The molecule has 1 aliphatic heterocycles. The number of para-hydroxylation sites is 1. The number of hydrogen-bond acceptors (Lipinski definition) is 4. The quantitative estimate of drug-likeness (QED) is 0.534. The molecule has 1 aromatic heterocycles. The lowest BCUT2D eigenvalue weighted by Gasteiger charge is -2.32. The summed E-state index contributed by atoms with van der Waals surface area (Å²) in [5, 5.41) is 0. The number of hydrogen-bond donors (Lipinski definition) is 1. The molecule has 0 amide bonds. The molecule has 0 bridgehead atoms. The van der Waals surface area contributed by atoms with Crippen LogP contribution < -0.4 is 9.64 Å². The number of fused-ring (bicyclic) bond motifs is 1. The van der Waals surface area contributed by atoms with Crippen molar-refractivity contribution in [2.24, 2.45) is 4.99 Å². The van der Waals surface area contributed by atoms with Crippen LogP contribution in [0.15, 0.2) is 73.1 Å².